The molecule has 3 heteroatoms. The van der Waals surface area contributed by atoms with Gasteiger partial charge in [-0.25, -0.2) is 0 Å². The molecule has 1 saturated heterocycles. The van der Waals surface area contributed by atoms with Crippen molar-refractivity contribution in [1.29, 1.82) is 5.26 Å². The van der Waals surface area contributed by atoms with E-state index in [2.05, 4.69) is 19.9 Å². The molecule has 0 radical (unpaired) electrons. The highest BCUT2D eigenvalue weighted by Gasteiger charge is 2.50. The number of rotatable bonds is 0. The second kappa shape index (κ2) is 3.98. The van der Waals surface area contributed by atoms with Crippen molar-refractivity contribution in [2.45, 2.75) is 50.9 Å². The Labute approximate surface area is 114 Å². The first kappa shape index (κ1) is 12.5. The average molecular weight is 257 g/mol. The summed E-state index contributed by atoms with van der Waals surface area (Å²) >= 11 is 0. The van der Waals surface area contributed by atoms with Crippen molar-refractivity contribution in [2.75, 3.05) is 0 Å². The first-order valence-corrected chi connectivity index (χ1v) is 6.82. The lowest BCUT2D eigenvalue weighted by Crippen LogP contribution is -2.50. The molecule has 0 aromatic heterocycles. The predicted octanol–water partition coefficient (Wildman–Crippen LogP) is 3.61. The van der Waals surface area contributed by atoms with Crippen LogP contribution in [0.3, 0.4) is 0 Å². The van der Waals surface area contributed by atoms with Crippen LogP contribution >= 0.6 is 0 Å². The highest BCUT2D eigenvalue weighted by atomic mass is 16.5. The van der Waals surface area contributed by atoms with Gasteiger partial charge in [-0.05, 0) is 39.7 Å². The summed E-state index contributed by atoms with van der Waals surface area (Å²) in [6.45, 7) is 6.10. The predicted molar refractivity (Wildman–Crippen MR) is 71.7 cm³/mol. The zero-order valence-electron chi connectivity index (χ0n) is 11.6. The molecule has 0 N–H and O–H groups in total. The van der Waals surface area contributed by atoms with Crippen molar-refractivity contribution in [3.8, 4) is 11.8 Å². The molecule has 0 spiro atoms. The molecule has 3 atom stereocenters. The lowest BCUT2D eigenvalue weighted by molar-refractivity contribution is -0.169. The summed E-state index contributed by atoms with van der Waals surface area (Å²) in [5.41, 5.74) is 0.144. The Morgan fingerprint density at radius 1 is 1.26 bits per heavy atom. The number of hydrogen-bond acceptors (Lipinski definition) is 3. The Hall–Kier alpha value is -1.53. The SMILES string of the molecule is CC1(C)Oc2ccccc2[C@H]2O[C@](C)(C#N)CC[C@@H]21. The fourth-order valence-electron chi connectivity index (χ4n) is 3.25. The minimum Gasteiger partial charge on any atom is -0.487 e. The maximum Gasteiger partial charge on any atom is 0.152 e. The van der Waals surface area contributed by atoms with Gasteiger partial charge in [0.25, 0.3) is 0 Å². The zero-order valence-corrected chi connectivity index (χ0v) is 11.6. The zero-order chi connectivity index (χ0) is 13.7. The van der Waals surface area contributed by atoms with Gasteiger partial charge in [-0.1, -0.05) is 18.2 Å². The number of fused-ring (bicyclic) bond motifs is 3. The lowest BCUT2D eigenvalue weighted by atomic mass is 9.73. The summed E-state index contributed by atoms with van der Waals surface area (Å²) in [5, 5.41) is 9.31. The summed E-state index contributed by atoms with van der Waals surface area (Å²) in [4.78, 5) is 0. The normalized spacial score (nSPS) is 35.5. The number of benzene rings is 1. The van der Waals surface area contributed by atoms with E-state index in [1.807, 2.05) is 31.2 Å². The van der Waals surface area contributed by atoms with Crippen molar-refractivity contribution >= 4 is 0 Å². The molecule has 0 saturated carbocycles. The van der Waals surface area contributed by atoms with Crippen molar-refractivity contribution in [3.05, 3.63) is 29.8 Å². The summed E-state index contributed by atoms with van der Waals surface area (Å²) in [6, 6.07) is 10.3. The fraction of sp³-hybridized carbons (Fsp3) is 0.562. The lowest BCUT2D eigenvalue weighted by Gasteiger charge is -2.49. The molecular weight excluding hydrogens is 238 g/mol. The van der Waals surface area contributed by atoms with Gasteiger partial charge in [0.05, 0.1) is 12.2 Å². The maximum absolute atomic E-state index is 9.31. The topological polar surface area (TPSA) is 42.2 Å². The highest BCUT2D eigenvalue weighted by molar-refractivity contribution is 5.39. The molecule has 1 fully saturated rings. The van der Waals surface area contributed by atoms with Crippen molar-refractivity contribution in [3.63, 3.8) is 0 Å². The second-order valence-electron chi connectivity index (χ2n) is 6.27. The fourth-order valence-corrected chi connectivity index (χ4v) is 3.25. The van der Waals surface area contributed by atoms with Crippen LogP contribution < -0.4 is 4.74 Å². The Kier molecular flexibility index (Phi) is 2.62. The molecule has 1 aromatic rings. The van der Waals surface area contributed by atoms with Gasteiger partial charge < -0.3 is 9.47 Å². The molecule has 3 nitrogen and oxygen atoms in total. The summed E-state index contributed by atoms with van der Waals surface area (Å²) < 4.78 is 12.3. The Morgan fingerprint density at radius 2 is 2.00 bits per heavy atom. The Balaban J connectivity index is 2.06. The van der Waals surface area contributed by atoms with E-state index in [4.69, 9.17) is 9.47 Å². The monoisotopic (exact) mass is 257 g/mol. The van der Waals surface area contributed by atoms with Crippen LogP contribution in [0.4, 0.5) is 0 Å². The van der Waals surface area contributed by atoms with Gasteiger partial charge in [-0.2, -0.15) is 5.26 Å². The molecule has 1 aromatic carbocycles. The average Bonchev–Trinajstić information content (AvgIpc) is 2.38. The number of ether oxygens (including phenoxy) is 2. The van der Waals surface area contributed by atoms with E-state index in [1.165, 1.54) is 0 Å². The van der Waals surface area contributed by atoms with Crippen molar-refractivity contribution < 1.29 is 9.47 Å². The molecular formula is C16H19NO2. The van der Waals surface area contributed by atoms with E-state index < -0.39 is 5.60 Å². The molecule has 2 aliphatic heterocycles. The van der Waals surface area contributed by atoms with E-state index in [0.29, 0.717) is 5.92 Å². The molecule has 3 rings (SSSR count). The van der Waals surface area contributed by atoms with Gasteiger partial charge in [0.2, 0.25) is 0 Å². The van der Waals surface area contributed by atoms with Gasteiger partial charge in [-0.15, -0.1) is 0 Å². The standard InChI is InChI=1S/C16H19NO2/c1-15(2)12-8-9-16(3,10-17)19-14(12)11-6-4-5-7-13(11)18-15/h4-7,12,14H,8-9H2,1-3H3/t12-,14+,16-/m0/s1. The van der Waals surface area contributed by atoms with Crippen LogP contribution in [0, 0.1) is 17.2 Å². The second-order valence-corrected chi connectivity index (χ2v) is 6.27. The van der Waals surface area contributed by atoms with Crippen LogP contribution in [-0.4, -0.2) is 11.2 Å². The van der Waals surface area contributed by atoms with E-state index in [1.54, 1.807) is 0 Å². The number of nitriles is 1. The summed E-state index contributed by atoms with van der Waals surface area (Å²) in [5.74, 6) is 1.18. The van der Waals surface area contributed by atoms with E-state index in [9.17, 15) is 5.26 Å². The summed E-state index contributed by atoms with van der Waals surface area (Å²) in [6.07, 6.45) is 1.67. The Bertz CT molecular complexity index is 546. The quantitative estimate of drug-likeness (QED) is 0.713. The largest absolute Gasteiger partial charge is 0.487 e. The molecule has 0 bridgehead atoms. The summed E-state index contributed by atoms with van der Waals surface area (Å²) in [7, 11) is 0. The van der Waals surface area contributed by atoms with Gasteiger partial charge in [-0.3, -0.25) is 0 Å². The molecule has 0 unspecified atom stereocenters. The van der Waals surface area contributed by atoms with Crippen molar-refractivity contribution in [2.24, 2.45) is 5.92 Å². The third kappa shape index (κ3) is 1.91. The van der Waals surface area contributed by atoms with Crippen molar-refractivity contribution in [1.82, 2.24) is 0 Å². The van der Waals surface area contributed by atoms with E-state index in [0.717, 1.165) is 24.2 Å². The Morgan fingerprint density at radius 3 is 2.74 bits per heavy atom. The van der Waals surface area contributed by atoms with Crippen LogP contribution in [0.5, 0.6) is 5.75 Å². The van der Waals surface area contributed by atoms with Gasteiger partial charge in [0.15, 0.2) is 5.60 Å². The number of nitrogens with zero attached hydrogens (tertiary/aromatic N) is 1. The first-order valence-electron chi connectivity index (χ1n) is 6.82. The van der Waals surface area contributed by atoms with Crippen LogP contribution in [0.15, 0.2) is 24.3 Å². The number of para-hydroxylation sites is 1. The molecule has 19 heavy (non-hydrogen) atoms. The molecule has 2 heterocycles. The molecule has 100 valence electrons. The molecule has 2 aliphatic rings. The van der Waals surface area contributed by atoms with Crippen LogP contribution in [0.2, 0.25) is 0 Å². The minimum atomic E-state index is -0.679. The molecule has 0 amide bonds. The third-order valence-corrected chi connectivity index (χ3v) is 4.41. The van der Waals surface area contributed by atoms with Crippen LogP contribution in [-0.2, 0) is 4.74 Å². The van der Waals surface area contributed by atoms with Crippen LogP contribution in [0.25, 0.3) is 0 Å². The minimum absolute atomic E-state index is 0.0432. The first-order chi connectivity index (χ1) is 8.95. The molecule has 0 aliphatic carbocycles. The van der Waals surface area contributed by atoms with Crippen LogP contribution in [0.1, 0.15) is 45.3 Å². The maximum atomic E-state index is 9.31. The van der Waals surface area contributed by atoms with E-state index >= 15 is 0 Å². The highest BCUT2D eigenvalue weighted by Crippen LogP contribution is 2.52. The smallest absolute Gasteiger partial charge is 0.152 e. The number of hydrogen-bond donors (Lipinski definition) is 0. The third-order valence-electron chi connectivity index (χ3n) is 4.41. The van der Waals surface area contributed by atoms with Gasteiger partial charge in [0, 0.05) is 11.5 Å². The van der Waals surface area contributed by atoms with Gasteiger partial charge >= 0.3 is 0 Å². The van der Waals surface area contributed by atoms with Gasteiger partial charge in [0.1, 0.15) is 11.4 Å². The van der Waals surface area contributed by atoms with E-state index in [-0.39, 0.29) is 11.7 Å².